The van der Waals surface area contributed by atoms with Crippen LogP contribution in [0.5, 0.6) is 0 Å². The van der Waals surface area contributed by atoms with E-state index in [1.807, 2.05) is 0 Å². The molecule has 0 aromatic carbocycles. The quantitative estimate of drug-likeness (QED) is 0.0199. The smallest absolute Gasteiger partial charge is 0.404 e. The number of Topliss-reactive ketones (excluding diaryl/α,β-unsaturated/α-hetero) is 2. The van der Waals surface area contributed by atoms with Crippen LogP contribution >= 0.6 is 0 Å². The molecule has 6 rings (SSSR count). The zero-order valence-corrected chi connectivity index (χ0v) is 62.7. The molecular weight excluding hydrogens is 1560 g/mol. The molecule has 0 aromatic heterocycles. The van der Waals surface area contributed by atoms with Gasteiger partial charge in [-0.05, 0) is 37.6 Å². The number of rotatable bonds is 50. The van der Waals surface area contributed by atoms with Gasteiger partial charge in [-0.25, -0.2) is 14.4 Å². The van der Waals surface area contributed by atoms with Crippen molar-refractivity contribution in [3.63, 3.8) is 0 Å². The van der Waals surface area contributed by atoms with E-state index in [1.165, 1.54) is 0 Å². The van der Waals surface area contributed by atoms with E-state index >= 15 is 0 Å². The number of hydrogen-bond acceptors (Lipinski definition) is 44. The first-order valence-electron chi connectivity index (χ1n) is 37.3. The van der Waals surface area contributed by atoms with Crippen LogP contribution in [0.3, 0.4) is 0 Å². The van der Waals surface area contributed by atoms with Gasteiger partial charge < -0.3 is 211 Å². The third-order valence-corrected chi connectivity index (χ3v) is 19.7. The van der Waals surface area contributed by atoms with E-state index in [0.29, 0.717) is 0 Å². The van der Waals surface area contributed by atoms with Crippen molar-refractivity contribution in [3.8, 4) is 0 Å². The van der Waals surface area contributed by atoms with Crippen molar-refractivity contribution >= 4 is 41.7 Å². The summed E-state index contributed by atoms with van der Waals surface area (Å²) >= 11 is 0. The molecule has 666 valence electrons. The van der Waals surface area contributed by atoms with E-state index in [9.17, 15) is 125 Å². The number of nitrogens with one attached hydrogen (secondary N) is 2. The van der Waals surface area contributed by atoms with Gasteiger partial charge in [0.2, 0.25) is 11.8 Å². The third kappa shape index (κ3) is 29.0. The summed E-state index contributed by atoms with van der Waals surface area (Å²) in [5.74, 6) is -1.74. The van der Waals surface area contributed by atoms with Gasteiger partial charge in [-0.15, -0.1) is 0 Å². The number of amides is 5. The molecule has 5 amide bonds. The van der Waals surface area contributed by atoms with Gasteiger partial charge in [0.15, 0.2) is 56.1 Å². The number of ether oxygens (including phenoxy) is 18. The molecule has 6 saturated heterocycles. The molecule has 49 heteroatoms. The first-order chi connectivity index (χ1) is 54.8. The molecule has 28 N–H and O–H groups in total. The van der Waals surface area contributed by atoms with Crippen LogP contribution < -0.4 is 33.6 Å². The third-order valence-electron chi connectivity index (χ3n) is 19.7. The largest absolute Gasteiger partial charge is 0.441 e. The fourth-order valence-corrected chi connectivity index (χ4v) is 13.4. The lowest BCUT2D eigenvalue weighted by atomic mass is 9.71. The maximum atomic E-state index is 13.7. The molecule has 30 atom stereocenters. The highest BCUT2D eigenvalue weighted by Gasteiger charge is 2.56. The summed E-state index contributed by atoms with van der Waals surface area (Å²) in [7, 11) is 0. The number of aliphatic hydroxyl groups excluding tert-OH is 18. The van der Waals surface area contributed by atoms with Crippen LogP contribution in [0.4, 0.5) is 14.4 Å². The van der Waals surface area contributed by atoms with Gasteiger partial charge in [0.25, 0.3) is 0 Å². The molecule has 6 heterocycles. The fourth-order valence-electron chi connectivity index (χ4n) is 13.4. The highest BCUT2D eigenvalue weighted by atomic mass is 16.8. The Morgan fingerprint density at radius 1 is 0.322 bits per heavy atom. The standard InChI is InChI=1S/C66H114N6O43/c67-10-6-30(80)22-66(7-3-29(79)2-1-13-98-16-19-101-60-54(45(89)39(83)31(23-73)107-60)110-57-48(92)51(113-63(68)95)42(86)34(26-76)104-57,8-4-37(81)71-11-14-99-17-20-102-61-55(46(90)40(84)32(24-74)108-61)111-58-49(93)52(114-64(69)96)43(87)35(27-77)105-58)9-5-38(82)72-12-15-100-18-21-103-62-56(47(91)41(85)33(25-75)109-62)112-59-50(94)53(115-65(70)97)44(88)36(28-78)106-59/h31-36,39-62,73-78,83-94H,1-28,67H2,(H2,68,95)(H2,69,96)(H2,70,97)(H,71,81)(H,72,82)/t31-,32-,33-,34+,35+,36+,39+,40+,41+,42+,43+,44+,45-,46-,47-,48-,49-,50-,51-,52-,53-,54-,55-,56-,57+,58+,59+,60?,61?,62?,66?/m0/s1. The summed E-state index contributed by atoms with van der Waals surface area (Å²) in [6.45, 7) is -7.28. The second-order valence-corrected chi connectivity index (χ2v) is 27.8. The van der Waals surface area contributed by atoms with Crippen molar-refractivity contribution in [3.05, 3.63) is 0 Å². The molecule has 0 radical (unpaired) electrons. The molecule has 6 aliphatic heterocycles. The summed E-state index contributed by atoms with van der Waals surface area (Å²) in [4.78, 5) is 89.4. The Labute approximate surface area is 656 Å². The summed E-state index contributed by atoms with van der Waals surface area (Å²) in [5.41, 5.74) is 19.9. The van der Waals surface area contributed by atoms with Crippen LogP contribution in [0.25, 0.3) is 0 Å². The Morgan fingerprint density at radius 3 is 0.922 bits per heavy atom. The minimum Gasteiger partial charge on any atom is -0.441 e. The van der Waals surface area contributed by atoms with Crippen LogP contribution in [0.2, 0.25) is 0 Å². The predicted octanol–water partition coefficient (Wildman–Crippen LogP) is -13.5. The maximum Gasteiger partial charge on any atom is 0.404 e. The Bertz CT molecular complexity index is 2640. The lowest BCUT2D eigenvalue weighted by molar-refractivity contribution is -0.367. The van der Waals surface area contributed by atoms with Crippen molar-refractivity contribution in [1.29, 1.82) is 0 Å². The minimum atomic E-state index is -1.99. The Kier molecular flexibility index (Phi) is 42.4. The fraction of sp³-hybridized carbons (Fsp3) is 0.894. The van der Waals surface area contributed by atoms with Crippen LogP contribution in [-0.2, 0) is 104 Å². The average molecular weight is 1680 g/mol. The SMILES string of the molecule is NCCC(=O)CC(CCC(=O)CCCOCCOC1O[C@@H](CO)[C@@H](O)[C@H](O)[C@@H]1O[C@H]1O[C@H](CO)[C@@H](O)[C@H](OC(N)=O)[C@@H]1O)(CCC(=O)NCCOCCOC1O[C@@H](CO)[C@@H](O)[C@H](O)[C@@H]1O[C@H]1O[C@H](CO)[C@@H](O)[C@H](OC(N)=O)[C@@H]1O)CCC(=O)NCCOCCOC1O[C@@H](CO)[C@@H](O)[C@H](O)[C@@H]1O[C@H]1O[C@H](CO)[C@@H](O)[C@H](OC(N)=O)[C@@H]1O. The van der Waals surface area contributed by atoms with E-state index in [1.54, 1.807) is 0 Å². The number of nitrogens with two attached hydrogens (primary N) is 4. The van der Waals surface area contributed by atoms with Crippen molar-refractivity contribution in [2.45, 2.75) is 248 Å². The predicted molar refractivity (Wildman–Crippen MR) is 369 cm³/mol. The molecule has 0 aliphatic carbocycles. The van der Waals surface area contributed by atoms with Gasteiger partial charge in [-0.3, -0.25) is 19.2 Å². The molecule has 115 heavy (non-hydrogen) atoms. The number of hydrogen-bond donors (Lipinski definition) is 24. The van der Waals surface area contributed by atoms with E-state index in [0.717, 1.165) is 0 Å². The Balaban J connectivity index is 1.04. The van der Waals surface area contributed by atoms with Crippen LogP contribution in [0.15, 0.2) is 0 Å². The molecule has 49 nitrogen and oxygen atoms in total. The molecule has 0 bridgehead atoms. The molecule has 6 fully saturated rings. The molecule has 0 aromatic rings. The van der Waals surface area contributed by atoms with Crippen molar-refractivity contribution in [2.24, 2.45) is 28.3 Å². The number of primary amides is 3. The summed E-state index contributed by atoms with van der Waals surface area (Å²) in [6, 6.07) is 0. The number of carbonyl (C=O) groups is 7. The van der Waals surface area contributed by atoms with Gasteiger partial charge in [0.05, 0.1) is 92.5 Å². The first-order valence-corrected chi connectivity index (χ1v) is 37.3. The van der Waals surface area contributed by atoms with E-state index in [2.05, 4.69) is 10.6 Å². The van der Waals surface area contributed by atoms with Crippen molar-refractivity contribution < 1.29 is 211 Å². The zero-order valence-electron chi connectivity index (χ0n) is 62.7. The van der Waals surface area contributed by atoms with Crippen molar-refractivity contribution in [2.75, 3.05) is 119 Å². The highest BCUT2D eigenvalue weighted by molar-refractivity contribution is 5.81. The topological polar surface area (TPSA) is 778 Å². The normalized spacial score (nSPS) is 36.2. The van der Waals surface area contributed by atoms with Crippen LogP contribution in [0.1, 0.15) is 64.2 Å². The molecule has 0 spiro atoms. The number of ketones is 2. The number of aliphatic hydroxyl groups is 18. The Morgan fingerprint density at radius 2 is 0.617 bits per heavy atom. The van der Waals surface area contributed by atoms with Gasteiger partial charge in [0, 0.05) is 58.2 Å². The monoisotopic (exact) mass is 1680 g/mol. The highest BCUT2D eigenvalue weighted by Crippen LogP contribution is 2.41. The second kappa shape index (κ2) is 49.5. The summed E-state index contributed by atoms with van der Waals surface area (Å²) in [5, 5.41) is 194. The molecule has 3 unspecified atom stereocenters. The van der Waals surface area contributed by atoms with Crippen LogP contribution in [0, 0.1) is 5.41 Å². The van der Waals surface area contributed by atoms with Gasteiger partial charge in [-0.1, -0.05) is 0 Å². The van der Waals surface area contributed by atoms with Crippen molar-refractivity contribution in [1.82, 2.24) is 10.6 Å². The molecule has 6 aliphatic rings. The van der Waals surface area contributed by atoms with E-state index in [4.69, 9.17) is 108 Å². The van der Waals surface area contributed by atoms with Gasteiger partial charge in [0.1, 0.15) is 140 Å². The van der Waals surface area contributed by atoms with Gasteiger partial charge >= 0.3 is 18.3 Å². The lowest BCUT2D eigenvalue weighted by Gasteiger charge is -2.46. The summed E-state index contributed by atoms with van der Waals surface area (Å²) < 4.78 is 99.1. The number of carbonyl (C=O) groups excluding carboxylic acids is 7. The average Bonchev–Trinajstić information content (AvgIpc) is 0.789. The maximum absolute atomic E-state index is 13.7. The minimum absolute atomic E-state index is 0.0144. The van der Waals surface area contributed by atoms with E-state index < -0.39 is 259 Å². The Hall–Kier alpha value is -5.27. The first kappa shape index (κ1) is 98.6. The van der Waals surface area contributed by atoms with Crippen LogP contribution in [-0.4, -0.2) is 437 Å². The molecular formula is C66H114N6O43. The lowest BCUT2D eigenvalue weighted by Crippen LogP contribution is -2.65. The zero-order chi connectivity index (χ0) is 84.8. The van der Waals surface area contributed by atoms with E-state index in [-0.39, 0.29) is 155 Å². The second-order valence-electron chi connectivity index (χ2n) is 27.8. The van der Waals surface area contributed by atoms with Gasteiger partial charge in [-0.2, -0.15) is 0 Å². The molecule has 0 saturated carbocycles. The summed E-state index contributed by atoms with van der Waals surface area (Å²) in [6.07, 6.45) is -57.4.